The SMILES string of the molecule is COc1cc(OC)c(Cl)c(NC(=O)N(C)c2cc(Nc3ccc(C)nc3C)ncn2)c1Cl. The Labute approximate surface area is 195 Å². The normalized spacial score (nSPS) is 10.5. The minimum Gasteiger partial charge on any atom is -0.495 e. The molecule has 1 aromatic carbocycles. The first-order chi connectivity index (χ1) is 15.2. The van der Waals surface area contributed by atoms with Crippen LogP contribution in [0.1, 0.15) is 11.4 Å². The van der Waals surface area contributed by atoms with Crippen molar-refractivity contribution in [1.82, 2.24) is 15.0 Å². The maximum absolute atomic E-state index is 12.9. The van der Waals surface area contributed by atoms with Gasteiger partial charge >= 0.3 is 6.03 Å². The maximum atomic E-state index is 12.9. The van der Waals surface area contributed by atoms with Crippen LogP contribution < -0.4 is 25.0 Å². The third-order valence-electron chi connectivity index (χ3n) is 4.59. The van der Waals surface area contributed by atoms with Gasteiger partial charge in [-0.05, 0) is 26.0 Å². The summed E-state index contributed by atoms with van der Waals surface area (Å²) in [6.45, 7) is 3.82. The van der Waals surface area contributed by atoms with E-state index in [1.807, 2.05) is 26.0 Å². The monoisotopic (exact) mass is 476 g/mol. The minimum atomic E-state index is -0.526. The van der Waals surface area contributed by atoms with Gasteiger partial charge in [-0.25, -0.2) is 14.8 Å². The van der Waals surface area contributed by atoms with Crippen LogP contribution in [0.25, 0.3) is 0 Å². The highest BCUT2D eigenvalue weighted by atomic mass is 35.5. The molecule has 0 aliphatic rings. The third-order valence-corrected chi connectivity index (χ3v) is 5.34. The zero-order valence-electron chi connectivity index (χ0n) is 18.2. The number of ether oxygens (including phenoxy) is 2. The zero-order chi connectivity index (χ0) is 23.4. The number of hydrogen-bond donors (Lipinski definition) is 2. The lowest BCUT2D eigenvalue weighted by molar-refractivity contribution is 0.258. The summed E-state index contributed by atoms with van der Waals surface area (Å²) in [6, 6.07) is 6.45. The number of aromatic nitrogens is 3. The van der Waals surface area contributed by atoms with Gasteiger partial charge in [-0.2, -0.15) is 0 Å². The number of nitrogens with zero attached hydrogens (tertiary/aromatic N) is 4. The average molecular weight is 477 g/mol. The highest BCUT2D eigenvalue weighted by Gasteiger charge is 2.21. The number of methoxy groups -OCH3 is 2. The molecule has 0 unspecified atom stereocenters. The van der Waals surface area contributed by atoms with Crippen molar-refractivity contribution in [2.75, 3.05) is 36.8 Å². The molecule has 11 heteroatoms. The molecule has 3 aromatic rings. The van der Waals surface area contributed by atoms with Crippen molar-refractivity contribution in [1.29, 1.82) is 0 Å². The number of anilines is 4. The molecule has 0 atom stereocenters. The second-order valence-corrected chi connectivity index (χ2v) is 7.50. The molecule has 0 aliphatic carbocycles. The Hall–Kier alpha value is -3.30. The summed E-state index contributed by atoms with van der Waals surface area (Å²) < 4.78 is 10.5. The number of nitrogens with one attached hydrogen (secondary N) is 2. The van der Waals surface area contributed by atoms with E-state index in [9.17, 15) is 4.79 Å². The van der Waals surface area contributed by atoms with Crippen LogP contribution in [0.2, 0.25) is 10.0 Å². The molecule has 0 fully saturated rings. The fourth-order valence-electron chi connectivity index (χ4n) is 2.85. The minimum absolute atomic E-state index is 0.146. The van der Waals surface area contributed by atoms with Gasteiger partial charge in [0, 0.05) is 24.9 Å². The largest absolute Gasteiger partial charge is 0.495 e. The van der Waals surface area contributed by atoms with Crippen LogP contribution in [0.5, 0.6) is 11.5 Å². The number of halogens is 2. The van der Waals surface area contributed by atoms with Crippen LogP contribution in [-0.4, -0.2) is 42.3 Å². The number of carbonyl (C=O) groups is 1. The Bertz CT molecular complexity index is 1130. The van der Waals surface area contributed by atoms with Crippen LogP contribution in [-0.2, 0) is 0 Å². The molecule has 0 bridgehead atoms. The van der Waals surface area contributed by atoms with Gasteiger partial charge in [0.15, 0.2) is 0 Å². The Morgan fingerprint density at radius 3 is 2.28 bits per heavy atom. The number of hydrogen-bond acceptors (Lipinski definition) is 7. The predicted molar refractivity (Wildman–Crippen MR) is 126 cm³/mol. The van der Waals surface area contributed by atoms with Crippen molar-refractivity contribution in [3.8, 4) is 11.5 Å². The molecule has 2 N–H and O–H groups in total. The Balaban J connectivity index is 1.83. The summed E-state index contributed by atoms with van der Waals surface area (Å²) >= 11 is 12.7. The van der Waals surface area contributed by atoms with Crippen LogP contribution >= 0.6 is 23.2 Å². The van der Waals surface area contributed by atoms with Crippen molar-refractivity contribution >= 4 is 52.2 Å². The predicted octanol–water partition coefficient (Wildman–Crippen LogP) is 5.22. The van der Waals surface area contributed by atoms with Gasteiger partial charge in [0.05, 0.1) is 31.3 Å². The quantitative estimate of drug-likeness (QED) is 0.502. The number of benzene rings is 1. The third kappa shape index (κ3) is 4.95. The van der Waals surface area contributed by atoms with Crippen molar-refractivity contribution in [2.24, 2.45) is 0 Å². The first-order valence-electron chi connectivity index (χ1n) is 9.43. The topological polar surface area (TPSA) is 102 Å². The second-order valence-electron chi connectivity index (χ2n) is 6.75. The summed E-state index contributed by atoms with van der Waals surface area (Å²) in [7, 11) is 4.46. The molecular formula is C21H22Cl2N6O3. The molecular weight excluding hydrogens is 455 g/mol. The van der Waals surface area contributed by atoms with Gasteiger partial charge in [-0.3, -0.25) is 9.88 Å². The second kappa shape index (κ2) is 9.88. The highest BCUT2D eigenvalue weighted by molar-refractivity contribution is 6.41. The number of urea groups is 1. The van der Waals surface area contributed by atoms with Crippen molar-refractivity contribution in [3.63, 3.8) is 0 Å². The van der Waals surface area contributed by atoms with E-state index in [-0.39, 0.29) is 15.7 Å². The Kier molecular flexibility index (Phi) is 7.22. The molecule has 2 aromatic heterocycles. The molecule has 2 heterocycles. The van der Waals surface area contributed by atoms with Gasteiger partial charge in [0.2, 0.25) is 0 Å². The zero-order valence-corrected chi connectivity index (χ0v) is 19.7. The van der Waals surface area contributed by atoms with E-state index in [2.05, 4.69) is 25.6 Å². The van der Waals surface area contributed by atoms with E-state index in [0.717, 1.165) is 17.1 Å². The molecule has 0 aliphatic heterocycles. The van der Waals surface area contributed by atoms with Crippen molar-refractivity contribution in [3.05, 3.63) is 52.0 Å². The fourth-order valence-corrected chi connectivity index (χ4v) is 3.44. The van der Waals surface area contributed by atoms with Crippen LogP contribution in [0.4, 0.5) is 27.8 Å². The van der Waals surface area contributed by atoms with Crippen LogP contribution in [0.3, 0.4) is 0 Å². The summed E-state index contributed by atoms with van der Waals surface area (Å²) in [5.74, 6) is 1.46. The van der Waals surface area contributed by atoms with Crippen LogP contribution in [0, 0.1) is 13.8 Å². The summed E-state index contributed by atoms with van der Waals surface area (Å²) in [5.41, 5.74) is 2.70. The summed E-state index contributed by atoms with van der Waals surface area (Å²) in [5, 5.41) is 6.16. The molecule has 0 saturated heterocycles. The van der Waals surface area contributed by atoms with E-state index in [0.29, 0.717) is 23.1 Å². The number of pyridine rings is 1. The smallest absolute Gasteiger partial charge is 0.327 e. The molecule has 168 valence electrons. The Morgan fingerprint density at radius 1 is 1.03 bits per heavy atom. The van der Waals surface area contributed by atoms with Gasteiger partial charge in [0.1, 0.15) is 39.5 Å². The lowest BCUT2D eigenvalue weighted by Crippen LogP contribution is -2.32. The maximum Gasteiger partial charge on any atom is 0.327 e. The highest BCUT2D eigenvalue weighted by Crippen LogP contribution is 2.44. The fraction of sp³-hybridized carbons (Fsp3) is 0.238. The lowest BCUT2D eigenvalue weighted by Gasteiger charge is -2.20. The lowest BCUT2D eigenvalue weighted by atomic mass is 10.2. The van der Waals surface area contributed by atoms with Crippen molar-refractivity contribution in [2.45, 2.75) is 13.8 Å². The van der Waals surface area contributed by atoms with E-state index < -0.39 is 6.03 Å². The number of rotatable bonds is 6. The van der Waals surface area contributed by atoms with E-state index in [4.69, 9.17) is 32.7 Å². The van der Waals surface area contributed by atoms with Gasteiger partial charge in [-0.15, -0.1) is 0 Å². The van der Waals surface area contributed by atoms with Crippen LogP contribution in [0.15, 0.2) is 30.6 Å². The molecule has 32 heavy (non-hydrogen) atoms. The van der Waals surface area contributed by atoms with Gasteiger partial charge < -0.3 is 20.1 Å². The van der Waals surface area contributed by atoms with Crippen molar-refractivity contribution < 1.29 is 14.3 Å². The van der Waals surface area contributed by atoms with Gasteiger partial charge in [-0.1, -0.05) is 23.2 Å². The number of amides is 2. The summed E-state index contributed by atoms with van der Waals surface area (Å²) in [6.07, 6.45) is 1.35. The van der Waals surface area contributed by atoms with E-state index in [1.165, 1.54) is 31.5 Å². The first kappa shape index (κ1) is 23.4. The van der Waals surface area contributed by atoms with Gasteiger partial charge in [0.25, 0.3) is 0 Å². The van der Waals surface area contributed by atoms with E-state index in [1.54, 1.807) is 13.1 Å². The van der Waals surface area contributed by atoms with E-state index >= 15 is 0 Å². The molecule has 3 rings (SSSR count). The molecule has 2 amide bonds. The molecule has 9 nitrogen and oxygen atoms in total. The molecule has 0 spiro atoms. The standard InChI is InChI=1S/C21H22Cl2N6O3/c1-11-6-7-13(12(2)26-11)27-16-9-17(25-10-24-16)29(3)21(30)28-20-18(22)14(31-4)8-15(32-5)19(20)23/h6-10H,1-5H3,(H,28,30)(H,24,25,27). The molecule has 0 radical (unpaired) electrons. The Morgan fingerprint density at radius 2 is 1.69 bits per heavy atom. The first-order valence-corrected chi connectivity index (χ1v) is 10.2. The number of aryl methyl sites for hydroxylation is 2. The average Bonchev–Trinajstić information content (AvgIpc) is 2.78. The summed E-state index contributed by atoms with van der Waals surface area (Å²) in [4.78, 5) is 27.0. The number of carbonyl (C=O) groups excluding carboxylic acids is 1. The molecule has 0 saturated carbocycles.